The maximum atomic E-state index is 4.73. The van der Waals surface area contributed by atoms with Crippen LogP contribution in [0, 0.1) is 0 Å². The number of fused-ring (bicyclic) bond motifs is 10. The number of aromatic nitrogens is 4. The third-order valence-corrected chi connectivity index (χ3v) is 19.9. The van der Waals surface area contributed by atoms with E-state index in [1.807, 2.05) is 0 Å². The second kappa shape index (κ2) is 22.2. The van der Waals surface area contributed by atoms with Crippen LogP contribution in [0.25, 0.3) is 178 Å². The van der Waals surface area contributed by atoms with E-state index in [-0.39, 0.29) is 0 Å². The molecule has 0 unspecified atom stereocenters. The molecule has 0 aliphatic heterocycles. The Kier molecular flexibility index (Phi) is 12.7. The molecule has 0 radical (unpaired) electrons. The lowest BCUT2D eigenvalue weighted by Gasteiger charge is -2.14. The van der Waals surface area contributed by atoms with Gasteiger partial charge in [-0.3, -0.25) is 0 Å². The molecular formula is C92H60N4. The minimum absolute atomic E-state index is 0.995. The predicted molar refractivity (Wildman–Crippen MR) is 406 cm³/mol. The second-order valence-electron chi connectivity index (χ2n) is 25.3. The summed E-state index contributed by atoms with van der Waals surface area (Å²) in [7, 11) is 0. The van der Waals surface area contributed by atoms with Gasteiger partial charge in [0.25, 0.3) is 0 Å². The van der Waals surface area contributed by atoms with Crippen LogP contribution < -0.4 is 10.6 Å². The van der Waals surface area contributed by atoms with Crippen LogP contribution in [-0.4, -0.2) is 18.3 Å². The Labute approximate surface area is 554 Å². The van der Waals surface area contributed by atoms with E-state index >= 15 is 0 Å². The van der Waals surface area contributed by atoms with Crippen LogP contribution in [0.2, 0.25) is 0 Å². The van der Waals surface area contributed by atoms with E-state index in [0.29, 0.717) is 0 Å². The smallest absolute Gasteiger partial charge is 0.0562 e. The van der Waals surface area contributed by atoms with Crippen molar-refractivity contribution >= 4 is 99.6 Å². The van der Waals surface area contributed by atoms with Gasteiger partial charge in [-0.1, -0.05) is 255 Å². The molecule has 19 aromatic rings. The predicted octanol–water partition coefficient (Wildman–Crippen LogP) is 22.6. The SMILES string of the molecule is C=c1/c(=C\c2cc3ccccc3n2-c2ccc(-c3cccc4c(-c5ccc6c(c5)c5cc7c8ccc(-c9ccccc9)cc8n(-c8ccc(-c9cccc%10ccccc9%10)cc8)c7cc5n6-c5ccccc5)cccc34)cc2)n(-c2ccc(-c3ccccc3)cc2)c2ccccc12. The molecular weight excluding hydrogens is 1160 g/mol. The summed E-state index contributed by atoms with van der Waals surface area (Å²) in [5.74, 6) is 0. The highest BCUT2D eigenvalue weighted by Crippen LogP contribution is 2.44. The Hall–Kier alpha value is -12.8. The van der Waals surface area contributed by atoms with E-state index in [0.717, 1.165) is 77.5 Å². The Morgan fingerprint density at radius 3 is 1.32 bits per heavy atom. The molecule has 0 saturated heterocycles. The van der Waals surface area contributed by atoms with Crippen LogP contribution in [0.4, 0.5) is 0 Å². The summed E-state index contributed by atoms with van der Waals surface area (Å²) in [6.45, 7) is 4.73. The van der Waals surface area contributed by atoms with E-state index in [1.165, 1.54) is 104 Å². The fourth-order valence-electron chi connectivity index (χ4n) is 15.4. The molecule has 0 saturated carbocycles. The third kappa shape index (κ3) is 8.91. The average Bonchev–Trinajstić information content (AvgIpc) is 1.55. The zero-order valence-electron chi connectivity index (χ0n) is 52.5. The second-order valence-corrected chi connectivity index (χ2v) is 25.3. The van der Waals surface area contributed by atoms with Crippen molar-refractivity contribution in [2.45, 2.75) is 0 Å². The Bertz CT molecular complexity index is 6400. The molecule has 448 valence electrons. The summed E-state index contributed by atoms with van der Waals surface area (Å²) in [4.78, 5) is 0. The van der Waals surface area contributed by atoms with E-state index in [9.17, 15) is 0 Å². The topological polar surface area (TPSA) is 19.7 Å². The fourth-order valence-corrected chi connectivity index (χ4v) is 15.4. The lowest BCUT2D eigenvalue weighted by atomic mass is 9.92. The van der Waals surface area contributed by atoms with Gasteiger partial charge in [0.15, 0.2) is 0 Å². The van der Waals surface area contributed by atoms with Crippen LogP contribution in [0.1, 0.15) is 5.69 Å². The zero-order valence-corrected chi connectivity index (χ0v) is 52.5. The highest BCUT2D eigenvalue weighted by Gasteiger charge is 2.22. The highest BCUT2D eigenvalue weighted by atomic mass is 15.0. The van der Waals surface area contributed by atoms with Gasteiger partial charge in [0.2, 0.25) is 0 Å². The first-order chi connectivity index (χ1) is 47.5. The van der Waals surface area contributed by atoms with Crippen LogP contribution in [0.15, 0.2) is 346 Å². The quantitative estimate of drug-likeness (QED) is 0.130. The average molecular weight is 1220 g/mol. The van der Waals surface area contributed by atoms with Gasteiger partial charge in [-0.25, -0.2) is 0 Å². The highest BCUT2D eigenvalue weighted by molar-refractivity contribution is 6.20. The standard InChI is InChI=1S/C92H60N4/c1-60-75-29-14-16-37-87(75)94(72-46-38-63(39-47-72)61-20-5-2-6-21-61)89(60)57-74-54-69-25-12-15-36-86(69)93(74)71-48-40-66(41-49-71)78-32-18-35-81-79(33-19-34-80(78)81)68-45-53-88-83(55-68)85-58-84-82-52-44-67(62-22-7-3-8-23-62)56-90(82)96(91(84)59-92(85)95(88)70-27-9-4-10-28-70)73-50-42-65(43-51-73)77-31-17-26-64-24-11-13-30-76(64)77/h2-59H,1H2/b89-57+. The summed E-state index contributed by atoms with van der Waals surface area (Å²) < 4.78 is 9.69. The first-order valence-corrected chi connectivity index (χ1v) is 33.0. The molecule has 4 aromatic heterocycles. The monoisotopic (exact) mass is 1220 g/mol. The number of benzene rings is 15. The molecule has 0 bridgehead atoms. The molecule has 0 amide bonds. The number of hydrogen-bond donors (Lipinski definition) is 0. The maximum absolute atomic E-state index is 4.73. The Balaban J connectivity index is 0.727. The van der Waals surface area contributed by atoms with Crippen LogP contribution in [0.3, 0.4) is 0 Å². The lowest BCUT2D eigenvalue weighted by Crippen LogP contribution is -2.27. The molecule has 4 nitrogen and oxygen atoms in total. The largest absolute Gasteiger partial charge is 0.310 e. The molecule has 4 heterocycles. The first-order valence-electron chi connectivity index (χ1n) is 33.0. The van der Waals surface area contributed by atoms with E-state index in [2.05, 4.69) is 370 Å². The molecule has 0 atom stereocenters. The maximum Gasteiger partial charge on any atom is 0.0562 e. The Morgan fingerprint density at radius 1 is 0.208 bits per heavy atom. The van der Waals surface area contributed by atoms with Gasteiger partial charge in [0.1, 0.15) is 0 Å². The molecule has 96 heavy (non-hydrogen) atoms. The number of para-hydroxylation sites is 3. The molecule has 0 N–H and O–H groups in total. The molecule has 4 heteroatoms. The van der Waals surface area contributed by atoms with Gasteiger partial charge in [0, 0.05) is 66.0 Å². The molecule has 0 fully saturated rings. The summed E-state index contributed by atoms with van der Waals surface area (Å²) in [5, 5.41) is 14.1. The molecule has 0 aliphatic rings. The van der Waals surface area contributed by atoms with E-state index < -0.39 is 0 Å². The summed E-state index contributed by atoms with van der Waals surface area (Å²) in [6, 6.07) is 127. The van der Waals surface area contributed by atoms with Crippen molar-refractivity contribution in [3.8, 4) is 78.4 Å². The van der Waals surface area contributed by atoms with Gasteiger partial charge < -0.3 is 18.3 Å². The van der Waals surface area contributed by atoms with E-state index in [1.54, 1.807) is 0 Å². The molecule has 19 rings (SSSR count). The molecule has 0 aliphatic carbocycles. The van der Waals surface area contributed by atoms with Gasteiger partial charge in [0.05, 0.1) is 38.4 Å². The normalized spacial score (nSPS) is 12.1. The van der Waals surface area contributed by atoms with Gasteiger partial charge in [-0.2, -0.15) is 0 Å². The number of hydrogen-bond acceptors (Lipinski definition) is 0. The number of nitrogens with zero attached hydrogens (tertiary/aromatic N) is 4. The van der Waals surface area contributed by atoms with Crippen molar-refractivity contribution in [1.29, 1.82) is 0 Å². The van der Waals surface area contributed by atoms with Gasteiger partial charge in [-0.05, 0) is 180 Å². The third-order valence-electron chi connectivity index (χ3n) is 19.9. The number of rotatable bonds is 10. The zero-order chi connectivity index (χ0) is 63.4. The lowest BCUT2D eigenvalue weighted by molar-refractivity contribution is 1.06. The van der Waals surface area contributed by atoms with Crippen molar-refractivity contribution in [2.24, 2.45) is 0 Å². The molecule has 0 spiro atoms. The van der Waals surface area contributed by atoms with Gasteiger partial charge in [-0.15, -0.1) is 0 Å². The summed E-state index contributed by atoms with van der Waals surface area (Å²) >= 11 is 0. The molecule has 15 aromatic carbocycles. The first kappa shape index (κ1) is 54.9. The van der Waals surface area contributed by atoms with Crippen molar-refractivity contribution in [3.63, 3.8) is 0 Å². The van der Waals surface area contributed by atoms with Crippen molar-refractivity contribution in [1.82, 2.24) is 18.3 Å². The summed E-state index contributed by atoms with van der Waals surface area (Å²) in [5.41, 5.74) is 24.3. The minimum atomic E-state index is 0.995. The Morgan fingerprint density at radius 2 is 0.635 bits per heavy atom. The van der Waals surface area contributed by atoms with Crippen molar-refractivity contribution in [3.05, 3.63) is 362 Å². The summed E-state index contributed by atoms with van der Waals surface area (Å²) in [6.07, 6.45) is 2.32. The van der Waals surface area contributed by atoms with Crippen LogP contribution >= 0.6 is 0 Å². The minimum Gasteiger partial charge on any atom is -0.310 e. The van der Waals surface area contributed by atoms with Crippen molar-refractivity contribution < 1.29 is 0 Å². The van der Waals surface area contributed by atoms with E-state index in [4.69, 9.17) is 6.58 Å². The fraction of sp³-hybridized carbons (Fsp3) is 0. The van der Waals surface area contributed by atoms with Crippen LogP contribution in [-0.2, 0) is 0 Å². The van der Waals surface area contributed by atoms with Crippen molar-refractivity contribution in [2.75, 3.05) is 0 Å². The van der Waals surface area contributed by atoms with Crippen LogP contribution in [0.5, 0.6) is 0 Å². The van der Waals surface area contributed by atoms with Gasteiger partial charge >= 0.3 is 0 Å².